The van der Waals surface area contributed by atoms with Crippen LogP contribution in [-0.2, 0) is 14.8 Å². The fourth-order valence-electron chi connectivity index (χ4n) is 2.22. The first-order valence-corrected chi connectivity index (χ1v) is 6.92. The fraction of sp³-hybridized carbons (Fsp3) is 0.889. The van der Waals surface area contributed by atoms with Crippen molar-refractivity contribution in [3.05, 3.63) is 0 Å². The maximum absolute atomic E-state index is 11.9. The maximum Gasteiger partial charge on any atom is 0.320 e. The van der Waals surface area contributed by atoms with Crippen LogP contribution in [0.15, 0.2) is 0 Å². The summed E-state index contributed by atoms with van der Waals surface area (Å²) >= 11 is 0. The van der Waals surface area contributed by atoms with Crippen molar-refractivity contribution in [2.24, 2.45) is 5.73 Å². The monoisotopic (exact) mass is 250 g/mol. The van der Waals surface area contributed by atoms with Gasteiger partial charge >= 0.3 is 5.97 Å². The molecule has 2 atom stereocenters. The summed E-state index contributed by atoms with van der Waals surface area (Å²) in [5.41, 5.74) is 5.53. The molecule has 2 unspecified atom stereocenters. The van der Waals surface area contributed by atoms with Gasteiger partial charge in [-0.05, 0) is 19.8 Å². The van der Waals surface area contributed by atoms with Crippen molar-refractivity contribution in [3.63, 3.8) is 0 Å². The van der Waals surface area contributed by atoms with Crippen LogP contribution >= 0.6 is 0 Å². The number of hydrogen-bond donors (Lipinski definition) is 2. The molecule has 1 saturated heterocycles. The van der Waals surface area contributed by atoms with Crippen LogP contribution in [0.4, 0.5) is 0 Å². The first-order chi connectivity index (χ1) is 7.38. The molecule has 1 fully saturated rings. The van der Waals surface area contributed by atoms with E-state index in [9.17, 15) is 13.2 Å². The van der Waals surface area contributed by atoms with Gasteiger partial charge < -0.3 is 10.8 Å². The number of carbonyl (C=O) groups is 1. The van der Waals surface area contributed by atoms with E-state index in [0.29, 0.717) is 6.42 Å². The number of nitrogens with zero attached hydrogens (tertiary/aromatic N) is 1. The molecule has 0 spiro atoms. The van der Waals surface area contributed by atoms with Crippen molar-refractivity contribution in [3.8, 4) is 0 Å². The zero-order valence-electron chi connectivity index (χ0n) is 9.30. The summed E-state index contributed by atoms with van der Waals surface area (Å²) in [6.07, 6.45) is 2.40. The second-order valence-electron chi connectivity index (χ2n) is 4.15. The molecule has 1 rings (SSSR count). The number of nitrogens with two attached hydrogens (primary N) is 1. The van der Waals surface area contributed by atoms with Crippen molar-refractivity contribution in [1.29, 1.82) is 0 Å². The average Bonchev–Trinajstić information content (AvgIpc) is 2.14. The molecule has 0 radical (unpaired) electrons. The van der Waals surface area contributed by atoms with E-state index in [1.807, 2.05) is 0 Å². The van der Waals surface area contributed by atoms with E-state index < -0.39 is 21.7 Å². The molecule has 0 bridgehead atoms. The Morgan fingerprint density at radius 2 is 2.12 bits per heavy atom. The molecule has 0 aromatic heterocycles. The zero-order valence-corrected chi connectivity index (χ0v) is 10.1. The quantitative estimate of drug-likeness (QED) is 0.707. The first-order valence-electron chi connectivity index (χ1n) is 5.31. The molecule has 0 aromatic rings. The highest BCUT2D eigenvalue weighted by Gasteiger charge is 2.37. The van der Waals surface area contributed by atoms with Crippen LogP contribution in [0, 0.1) is 0 Å². The third-order valence-electron chi connectivity index (χ3n) is 2.85. The molecule has 6 nitrogen and oxygen atoms in total. The van der Waals surface area contributed by atoms with Gasteiger partial charge in [0.15, 0.2) is 5.75 Å². The van der Waals surface area contributed by atoms with Gasteiger partial charge in [-0.1, -0.05) is 6.42 Å². The summed E-state index contributed by atoms with van der Waals surface area (Å²) in [7, 11) is -3.74. The highest BCUT2D eigenvalue weighted by Crippen LogP contribution is 2.25. The number of rotatable bonds is 4. The molecular formula is C9H18N2O4S. The van der Waals surface area contributed by atoms with Crippen LogP contribution in [0.5, 0.6) is 0 Å². The number of carboxylic acids is 1. The lowest BCUT2D eigenvalue weighted by atomic mass is 10.00. The van der Waals surface area contributed by atoms with E-state index in [1.165, 1.54) is 4.31 Å². The van der Waals surface area contributed by atoms with Gasteiger partial charge in [-0.2, -0.15) is 4.31 Å². The van der Waals surface area contributed by atoms with Crippen molar-refractivity contribution in [2.45, 2.75) is 38.3 Å². The van der Waals surface area contributed by atoms with Gasteiger partial charge in [0.1, 0.15) is 0 Å². The van der Waals surface area contributed by atoms with Crippen LogP contribution < -0.4 is 5.73 Å². The SMILES string of the molecule is CC1CCCC(CN)N1S(=O)(=O)CC(=O)O. The molecular weight excluding hydrogens is 232 g/mol. The van der Waals surface area contributed by atoms with E-state index in [0.717, 1.165) is 12.8 Å². The van der Waals surface area contributed by atoms with Crippen molar-refractivity contribution in [1.82, 2.24) is 4.31 Å². The van der Waals surface area contributed by atoms with E-state index in [-0.39, 0.29) is 18.6 Å². The summed E-state index contributed by atoms with van der Waals surface area (Å²) in [6.45, 7) is 2.03. The summed E-state index contributed by atoms with van der Waals surface area (Å²) in [4.78, 5) is 10.5. The van der Waals surface area contributed by atoms with Gasteiger partial charge in [0.05, 0.1) is 0 Å². The fourth-order valence-corrected chi connectivity index (χ4v) is 3.98. The average molecular weight is 250 g/mol. The van der Waals surface area contributed by atoms with Crippen molar-refractivity contribution >= 4 is 16.0 Å². The number of carboxylic acid groups (broad SMARTS) is 1. The van der Waals surface area contributed by atoms with Gasteiger partial charge in [0, 0.05) is 18.6 Å². The number of aliphatic carboxylic acids is 1. The minimum atomic E-state index is -3.74. The van der Waals surface area contributed by atoms with Crippen LogP contribution in [0.3, 0.4) is 0 Å². The lowest BCUT2D eigenvalue weighted by Gasteiger charge is -2.38. The first kappa shape index (κ1) is 13.4. The zero-order chi connectivity index (χ0) is 12.3. The molecule has 1 aliphatic heterocycles. The molecule has 0 amide bonds. The Bertz CT molecular complexity index is 355. The van der Waals surface area contributed by atoms with E-state index in [1.54, 1.807) is 6.92 Å². The minimum Gasteiger partial charge on any atom is -0.480 e. The molecule has 7 heteroatoms. The van der Waals surface area contributed by atoms with Crippen LogP contribution in [0.2, 0.25) is 0 Å². The third-order valence-corrected chi connectivity index (χ3v) is 4.76. The number of sulfonamides is 1. The Hall–Kier alpha value is -0.660. The molecule has 1 heterocycles. The molecule has 0 aliphatic carbocycles. The third kappa shape index (κ3) is 2.93. The predicted octanol–water partition coefficient (Wildman–Crippen LogP) is -0.397. The number of hydrogen-bond acceptors (Lipinski definition) is 4. The van der Waals surface area contributed by atoms with E-state index in [2.05, 4.69) is 0 Å². The number of piperidine rings is 1. The Kier molecular flexibility index (Phi) is 4.28. The van der Waals surface area contributed by atoms with E-state index in [4.69, 9.17) is 10.8 Å². The second kappa shape index (κ2) is 5.11. The van der Waals surface area contributed by atoms with Gasteiger partial charge in [0.25, 0.3) is 0 Å². The minimum absolute atomic E-state index is 0.161. The summed E-state index contributed by atoms with van der Waals surface area (Å²) < 4.78 is 25.0. The summed E-state index contributed by atoms with van der Waals surface area (Å²) in [5, 5.41) is 8.59. The normalized spacial score (nSPS) is 27.9. The smallest absolute Gasteiger partial charge is 0.320 e. The summed E-state index contributed by atoms with van der Waals surface area (Å²) in [5.74, 6) is -2.18. The molecule has 0 aromatic carbocycles. The Balaban J connectivity index is 2.92. The summed E-state index contributed by atoms with van der Waals surface area (Å²) in [6, 6.07) is -0.417. The molecule has 94 valence electrons. The van der Waals surface area contributed by atoms with Crippen molar-refractivity contribution in [2.75, 3.05) is 12.3 Å². The molecule has 0 saturated carbocycles. The lowest BCUT2D eigenvalue weighted by molar-refractivity contribution is -0.134. The molecule has 16 heavy (non-hydrogen) atoms. The van der Waals surface area contributed by atoms with Crippen molar-refractivity contribution < 1.29 is 18.3 Å². The standard InChI is InChI=1S/C9H18N2O4S/c1-7-3-2-4-8(5-10)11(7)16(14,15)6-9(12)13/h7-8H,2-6,10H2,1H3,(H,12,13). The highest BCUT2D eigenvalue weighted by atomic mass is 32.2. The highest BCUT2D eigenvalue weighted by molar-refractivity contribution is 7.89. The molecule has 1 aliphatic rings. The molecule has 3 N–H and O–H groups in total. The lowest BCUT2D eigenvalue weighted by Crippen LogP contribution is -2.53. The second-order valence-corrected chi connectivity index (χ2v) is 6.02. The maximum atomic E-state index is 11.9. The Labute approximate surface area is 95.5 Å². The van der Waals surface area contributed by atoms with Crippen LogP contribution in [0.1, 0.15) is 26.2 Å². The predicted molar refractivity (Wildman–Crippen MR) is 59.4 cm³/mol. The topological polar surface area (TPSA) is 101 Å². The van der Waals surface area contributed by atoms with Gasteiger partial charge in [0.2, 0.25) is 10.0 Å². The largest absolute Gasteiger partial charge is 0.480 e. The van der Waals surface area contributed by atoms with Crippen LogP contribution in [-0.4, -0.2) is 48.2 Å². The van der Waals surface area contributed by atoms with Crippen LogP contribution in [0.25, 0.3) is 0 Å². The van der Waals surface area contributed by atoms with Gasteiger partial charge in [-0.25, -0.2) is 8.42 Å². The Morgan fingerprint density at radius 3 is 2.62 bits per heavy atom. The van der Waals surface area contributed by atoms with Gasteiger partial charge in [-0.3, -0.25) is 4.79 Å². The van der Waals surface area contributed by atoms with E-state index >= 15 is 0 Å². The van der Waals surface area contributed by atoms with Gasteiger partial charge in [-0.15, -0.1) is 0 Å². The Morgan fingerprint density at radius 1 is 1.50 bits per heavy atom.